The topological polar surface area (TPSA) is 61.8 Å². The van der Waals surface area contributed by atoms with E-state index < -0.39 is 0 Å². The number of hydrazone groups is 1. The van der Waals surface area contributed by atoms with Crippen molar-refractivity contribution in [1.29, 1.82) is 0 Å². The van der Waals surface area contributed by atoms with Crippen LogP contribution in [-0.4, -0.2) is 35.5 Å². The Kier molecular flexibility index (Phi) is 6.70. The van der Waals surface area contributed by atoms with Crippen molar-refractivity contribution in [2.45, 2.75) is 70.6 Å². The van der Waals surface area contributed by atoms with Gasteiger partial charge in [-0.1, -0.05) is 25.7 Å². The fourth-order valence-corrected chi connectivity index (χ4v) is 2.98. The molecule has 1 aliphatic heterocycles. The number of nitrogens with one attached hydrogen (secondary N) is 1. The highest BCUT2D eigenvalue weighted by Gasteiger charge is 2.19. The van der Waals surface area contributed by atoms with E-state index in [9.17, 15) is 9.59 Å². The third kappa shape index (κ3) is 5.86. The Morgan fingerprint density at radius 1 is 0.952 bits per heavy atom. The Labute approximate surface area is 127 Å². The van der Waals surface area contributed by atoms with Crippen LogP contribution in [0.1, 0.15) is 70.6 Å². The Bertz CT molecular complexity index is 383. The van der Waals surface area contributed by atoms with Crippen LogP contribution in [-0.2, 0) is 9.59 Å². The molecule has 5 heteroatoms. The summed E-state index contributed by atoms with van der Waals surface area (Å²) in [5.41, 5.74) is 3.75. The molecule has 1 heterocycles. The number of hydrogen-bond acceptors (Lipinski definition) is 3. The van der Waals surface area contributed by atoms with Crippen molar-refractivity contribution in [2.75, 3.05) is 13.1 Å². The minimum atomic E-state index is -0.167. The van der Waals surface area contributed by atoms with E-state index in [0.717, 1.165) is 37.8 Å². The van der Waals surface area contributed by atoms with E-state index in [1.54, 1.807) is 4.90 Å². The second-order valence-electron chi connectivity index (χ2n) is 6.11. The predicted octanol–water partition coefficient (Wildman–Crippen LogP) is 2.61. The first kappa shape index (κ1) is 16.0. The lowest BCUT2D eigenvalue weighted by Gasteiger charge is -2.19. The first-order valence-electron chi connectivity index (χ1n) is 8.38. The summed E-state index contributed by atoms with van der Waals surface area (Å²) in [6, 6.07) is 0. The molecule has 0 aromatic carbocycles. The lowest BCUT2D eigenvalue weighted by Crippen LogP contribution is -2.39. The summed E-state index contributed by atoms with van der Waals surface area (Å²) in [5, 5.41) is 4.28. The molecule has 0 atom stereocenters. The molecule has 0 spiro atoms. The average Bonchev–Trinajstić information content (AvgIpc) is 2.63. The van der Waals surface area contributed by atoms with Gasteiger partial charge in [0.1, 0.15) is 6.54 Å². The zero-order chi connectivity index (χ0) is 14.9. The summed E-state index contributed by atoms with van der Waals surface area (Å²) in [6.07, 6.45) is 11.7. The van der Waals surface area contributed by atoms with Crippen molar-refractivity contribution >= 4 is 17.5 Å². The van der Waals surface area contributed by atoms with E-state index in [0.29, 0.717) is 13.0 Å². The monoisotopic (exact) mass is 293 g/mol. The maximum Gasteiger partial charge on any atom is 0.259 e. The van der Waals surface area contributed by atoms with Crippen LogP contribution in [0.2, 0.25) is 0 Å². The quantitative estimate of drug-likeness (QED) is 0.813. The molecule has 2 aliphatic rings. The molecule has 21 heavy (non-hydrogen) atoms. The van der Waals surface area contributed by atoms with Gasteiger partial charge in [-0.25, -0.2) is 5.43 Å². The second-order valence-corrected chi connectivity index (χ2v) is 6.11. The third-order valence-corrected chi connectivity index (χ3v) is 4.28. The van der Waals surface area contributed by atoms with Gasteiger partial charge in [-0.15, -0.1) is 0 Å². The number of nitrogens with zero attached hydrogens (tertiary/aromatic N) is 2. The van der Waals surface area contributed by atoms with Gasteiger partial charge in [0.2, 0.25) is 5.91 Å². The minimum Gasteiger partial charge on any atom is -0.333 e. The minimum absolute atomic E-state index is 0.0984. The van der Waals surface area contributed by atoms with Gasteiger partial charge >= 0.3 is 0 Å². The van der Waals surface area contributed by atoms with Crippen LogP contribution in [0.3, 0.4) is 0 Å². The molecule has 2 rings (SSSR count). The smallest absolute Gasteiger partial charge is 0.259 e. The van der Waals surface area contributed by atoms with Gasteiger partial charge < -0.3 is 4.90 Å². The Morgan fingerprint density at radius 2 is 1.57 bits per heavy atom. The molecule has 0 unspecified atom stereocenters. The van der Waals surface area contributed by atoms with Crippen LogP contribution in [0.25, 0.3) is 0 Å². The van der Waals surface area contributed by atoms with Crippen LogP contribution in [0.5, 0.6) is 0 Å². The molecule has 1 saturated heterocycles. The van der Waals surface area contributed by atoms with E-state index in [-0.39, 0.29) is 18.4 Å². The molecule has 1 saturated carbocycles. The summed E-state index contributed by atoms with van der Waals surface area (Å²) >= 11 is 0. The predicted molar refractivity (Wildman–Crippen MR) is 82.9 cm³/mol. The lowest BCUT2D eigenvalue weighted by molar-refractivity contribution is -0.135. The van der Waals surface area contributed by atoms with E-state index in [4.69, 9.17) is 0 Å². The summed E-state index contributed by atoms with van der Waals surface area (Å²) < 4.78 is 0. The summed E-state index contributed by atoms with van der Waals surface area (Å²) in [4.78, 5) is 25.5. The van der Waals surface area contributed by atoms with Gasteiger partial charge in [-0.05, 0) is 38.5 Å². The number of amides is 2. The molecule has 0 bridgehead atoms. The van der Waals surface area contributed by atoms with Crippen LogP contribution in [0.4, 0.5) is 0 Å². The van der Waals surface area contributed by atoms with E-state index >= 15 is 0 Å². The summed E-state index contributed by atoms with van der Waals surface area (Å²) in [7, 11) is 0. The van der Waals surface area contributed by atoms with Gasteiger partial charge in [-0.2, -0.15) is 5.10 Å². The molecule has 0 radical (unpaired) electrons. The molecule has 2 fully saturated rings. The molecule has 5 nitrogen and oxygen atoms in total. The van der Waals surface area contributed by atoms with Gasteiger partial charge in [0, 0.05) is 18.7 Å². The highest BCUT2D eigenvalue weighted by Crippen LogP contribution is 2.14. The molecular formula is C16H27N3O2. The average molecular weight is 293 g/mol. The molecular weight excluding hydrogens is 266 g/mol. The first-order chi connectivity index (χ1) is 10.3. The van der Waals surface area contributed by atoms with Crippen LogP contribution >= 0.6 is 0 Å². The van der Waals surface area contributed by atoms with Gasteiger partial charge in [0.15, 0.2) is 0 Å². The summed E-state index contributed by atoms with van der Waals surface area (Å²) in [6.45, 7) is 0.846. The Hall–Kier alpha value is -1.39. The zero-order valence-electron chi connectivity index (χ0n) is 12.9. The fraction of sp³-hybridized carbons (Fsp3) is 0.812. The van der Waals surface area contributed by atoms with Crippen molar-refractivity contribution < 1.29 is 9.59 Å². The number of carbonyl (C=O) groups excluding carboxylic acids is 2. The third-order valence-electron chi connectivity index (χ3n) is 4.28. The number of carbonyl (C=O) groups is 2. The highest BCUT2D eigenvalue weighted by molar-refractivity contribution is 5.88. The largest absolute Gasteiger partial charge is 0.333 e. The van der Waals surface area contributed by atoms with Gasteiger partial charge in [-0.3, -0.25) is 9.59 Å². The number of likely N-dealkylation sites (tertiary alicyclic amines) is 1. The molecule has 0 aromatic rings. The SMILES string of the molecule is O=C(CN1CCCCCC1=O)NN=C1CCCCCCC1. The normalized spacial score (nSPS) is 21.2. The van der Waals surface area contributed by atoms with Gasteiger partial charge in [0.25, 0.3) is 5.91 Å². The Morgan fingerprint density at radius 3 is 2.33 bits per heavy atom. The molecule has 1 N–H and O–H groups in total. The second kappa shape index (κ2) is 8.80. The maximum absolute atomic E-state index is 12.0. The number of hydrogen-bond donors (Lipinski definition) is 1. The van der Waals surface area contributed by atoms with Crippen molar-refractivity contribution in [3.8, 4) is 0 Å². The van der Waals surface area contributed by atoms with E-state index in [1.807, 2.05) is 0 Å². The van der Waals surface area contributed by atoms with Crippen molar-refractivity contribution in [3.05, 3.63) is 0 Å². The number of rotatable bonds is 3. The van der Waals surface area contributed by atoms with E-state index in [2.05, 4.69) is 10.5 Å². The van der Waals surface area contributed by atoms with Crippen LogP contribution in [0.15, 0.2) is 5.10 Å². The van der Waals surface area contributed by atoms with Crippen molar-refractivity contribution in [2.24, 2.45) is 5.10 Å². The standard InChI is InChI=1S/C16H27N3O2/c20-15(13-19-12-8-4-7-11-16(19)21)18-17-14-9-5-2-1-3-6-10-14/h1-13H2,(H,18,20). The van der Waals surface area contributed by atoms with Crippen LogP contribution in [0, 0.1) is 0 Å². The molecule has 0 aromatic heterocycles. The molecule has 2 amide bonds. The van der Waals surface area contributed by atoms with Crippen molar-refractivity contribution in [1.82, 2.24) is 10.3 Å². The summed E-state index contributed by atoms with van der Waals surface area (Å²) in [5.74, 6) is -0.0685. The zero-order valence-corrected chi connectivity index (χ0v) is 12.9. The van der Waals surface area contributed by atoms with E-state index in [1.165, 1.54) is 32.1 Å². The first-order valence-corrected chi connectivity index (χ1v) is 8.38. The highest BCUT2D eigenvalue weighted by atomic mass is 16.2. The maximum atomic E-state index is 12.0. The fourth-order valence-electron chi connectivity index (χ4n) is 2.98. The molecule has 1 aliphatic carbocycles. The van der Waals surface area contributed by atoms with Crippen molar-refractivity contribution in [3.63, 3.8) is 0 Å². The Balaban J connectivity index is 1.78. The molecule has 118 valence electrons. The lowest BCUT2D eigenvalue weighted by atomic mass is 9.99. The van der Waals surface area contributed by atoms with Gasteiger partial charge in [0.05, 0.1) is 0 Å². The van der Waals surface area contributed by atoms with Crippen LogP contribution < -0.4 is 5.43 Å².